The van der Waals surface area contributed by atoms with Crippen molar-refractivity contribution in [3.05, 3.63) is 57.2 Å². The fourth-order valence-electron chi connectivity index (χ4n) is 4.19. The van der Waals surface area contributed by atoms with Gasteiger partial charge in [-0.05, 0) is 36.2 Å². The Bertz CT molecular complexity index is 1270. The molecular formula is C24H27Cl2N3O7. The van der Waals surface area contributed by atoms with Gasteiger partial charge in [0.05, 0.1) is 28.4 Å². The summed E-state index contributed by atoms with van der Waals surface area (Å²) in [5.74, 6) is -0.384. The van der Waals surface area contributed by atoms with E-state index in [1.54, 1.807) is 17.8 Å². The van der Waals surface area contributed by atoms with E-state index in [-0.39, 0.29) is 28.0 Å². The van der Waals surface area contributed by atoms with Crippen molar-refractivity contribution in [3.8, 4) is 5.75 Å². The molecule has 1 aliphatic rings. The molecule has 1 fully saturated rings. The number of carbonyl (C=O) groups excluding carboxylic acids is 1. The lowest BCUT2D eigenvalue weighted by molar-refractivity contribution is -0.261. The lowest BCUT2D eigenvalue weighted by atomic mass is 9.96. The molecule has 0 spiro atoms. The molecule has 36 heavy (non-hydrogen) atoms. The van der Waals surface area contributed by atoms with Gasteiger partial charge < -0.3 is 34.8 Å². The van der Waals surface area contributed by atoms with Crippen molar-refractivity contribution < 1.29 is 34.3 Å². The quantitative estimate of drug-likeness (QED) is 0.357. The number of aryl methyl sites for hydroxylation is 1. The van der Waals surface area contributed by atoms with Crippen LogP contribution in [0.5, 0.6) is 5.75 Å². The molecule has 194 valence electrons. The topological polar surface area (TPSA) is 135 Å². The summed E-state index contributed by atoms with van der Waals surface area (Å²) in [5, 5.41) is 38.1. The highest BCUT2D eigenvalue weighted by atomic mass is 35.5. The number of hydrogen-bond acceptors (Lipinski definition) is 8. The molecule has 0 radical (unpaired) electrons. The fraction of sp³-hybridized carbons (Fsp3) is 0.417. The SMILES string of the molecule is CO[C@H]1O[C@H](CO)[C@@H](O)[C@H](O)[C@H]1NC(=O)c1cc(Cl)c(OCc2ccc3c(cnn3C)c2)c(Cl)c1C. The molecule has 1 aromatic heterocycles. The number of methoxy groups -OCH3 is 1. The van der Waals surface area contributed by atoms with E-state index in [4.69, 9.17) is 37.4 Å². The first kappa shape index (κ1) is 26.6. The number of aliphatic hydroxyl groups excluding tert-OH is 3. The number of benzene rings is 2. The second-order valence-electron chi connectivity index (χ2n) is 8.57. The van der Waals surface area contributed by atoms with Crippen molar-refractivity contribution in [1.29, 1.82) is 0 Å². The first-order valence-corrected chi connectivity index (χ1v) is 11.9. The Hall–Kier alpha value is -2.44. The van der Waals surface area contributed by atoms with Crippen LogP contribution in [0.25, 0.3) is 10.9 Å². The van der Waals surface area contributed by atoms with Crippen LogP contribution in [0.2, 0.25) is 10.0 Å². The Morgan fingerprint density at radius 3 is 2.69 bits per heavy atom. The van der Waals surface area contributed by atoms with Gasteiger partial charge in [0.1, 0.15) is 31.0 Å². The molecule has 1 aliphatic heterocycles. The Morgan fingerprint density at radius 2 is 2.00 bits per heavy atom. The molecule has 1 saturated heterocycles. The minimum Gasteiger partial charge on any atom is -0.486 e. The van der Waals surface area contributed by atoms with Crippen molar-refractivity contribution in [2.75, 3.05) is 13.7 Å². The maximum Gasteiger partial charge on any atom is 0.252 e. The minimum absolute atomic E-state index is 0.127. The molecule has 5 atom stereocenters. The summed E-state index contributed by atoms with van der Waals surface area (Å²) >= 11 is 13.0. The molecule has 0 unspecified atom stereocenters. The number of nitrogens with one attached hydrogen (secondary N) is 1. The Morgan fingerprint density at radius 1 is 1.25 bits per heavy atom. The highest BCUT2D eigenvalue weighted by Crippen LogP contribution is 2.38. The zero-order valence-electron chi connectivity index (χ0n) is 19.8. The number of rotatable bonds is 7. The Labute approximate surface area is 217 Å². The van der Waals surface area contributed by atoms with Gasteiger partial charge in [-0.1, -0.05) is 29.3 Å². The van der Waals surface area contributed by atoms with Crippen molar-refractivity contribution in [2.45, 2.75) is 44.2 Å². The standard InChI is InChI=1S/C24H27Cl2N3O7/c1-11-14(23(33)28-19-21(32)20(31)17(9-30)36-24(19)34-3)7-15(25)22(18(11)26)35-10-12-4-5-16-13(6-12)8-27-29(16)2/h4-8,17,19-21,24,30-32H,9-10H2,1-3H3,(H,28,33)/t17-,19-,20-,21-,24+/m1/s1. The van der Waals surface area contributed by atoms with Crippen LogP contribution in [0, 0.1) is 6.92 Å². The highest BCUT2D eigenvalue weighted by Gasteiger charge is 2.45. The molecule has 2 heterocycles. The maximum atomic E-state index is 13.1. The molecule has 4 N–H and O–H groups in total. The van der Waals surface area contributed by atoms with Crippen molar-refractivity contribution in [1.82, 2.24) is 15.1 Å². The first-order valence-electron chi connectivity index (χ1n) is 11.1. The summed E-state index contributed by atoms with van der Waals surface area (Å²) in [4.78, 5) is 13.1. The van der Waals surface area contributed by atoms with Gasteiger partial charge in [0.2, 0.25) is 0 Å². The van der Waals surface area contributed by atoms with Crippen LogP contribution in [-0.4, -0.2) is 75.4 Å². The average Bonchev–Trinajstić information content (AvgIpc) is 3.24. The summed E-state index contributed by atoms with van der Waals surface area (Å²) in [6, 6.07) is 6.12. The summed E-state index contributed by atoms with van der Waals surface area (Å²) in [6.07, 6.45) is -3.27. The van der Waals surface area contributed by atoms with E-state index >= 15 is 0 Å². The summed E-state index contributed by atoms with van der Waals surface area (Å²) in [6.45, 7) is 1.31. The van der Waals surface area contributed by atoms with Crippen molar-refractivity contribution in [2.24, 2.45) is 7.05 Å². The highest BCUT2D eigenvalue weighted by molar-refractivity contribution is 6.38. The van der Waals surface area contributed by atoms with Crippen LogP contribution in [0.1, 0.15) is 21.5 Å². The van der Waals surface area contributed by atoms with Gasteiger partial charge in [-0.3, -0.25) is 9.48 Å². The third kappa shape index (κ3) is 5.03. The van der Waals surface area contributed by atoms with Gasteiger partial charge in [0, 0.05) is 25.1 Å². The van der Waals surface area contributed by atoms with Gasteiger partial charge >= 0.3 is 0 Å². The smallest absolute Gasteiger partial charge is 0.252 e. The monoisotopic (exact) mass is 539 g/mol. The second kappa shape index (κ2) is 10.9. The van der Waals surface area contributed by atoms with Gasteiger partial charge in [-0.15, -0.1) is 0 Å². The molecule has 3 aromatic rings. The van der Waals surface area contributed by atoms with Gasteiger partial charge in [-0.2, -0.15) is 5.10 Å². The lowest BCUT2D eigenvalue weighted by Gasteiger charge is -2.41. The number of halogens is 2. The van der Waals surface area contributed by atoms with Crippen LogP contribution in [0.3, 0.4) is 0 Å². The van der Waals surface area contributed by atoms with E-state index in [1.807, 2.05) is 25.2 Å². The number of fused-ring (bicyclic) bond motifs is 1. The predicted octanol–water partition coefficient (Wildman–Crippen LogP) is 1.95. The Kier molecular flexibility index (Phi) is 8.06. The number of carbonyl (C=O) groups is 1. The molecule has 1 amide bonds. The second-order valence-corrected chi connectivity index (χ2v) is 9.35. The first-order chi connectivity index (χ1) is 17.2. The molecule has 10 nitrogen and oxygen atoms in total. The van der Waals surface area contributed by atoms with Crippen LogP contribution < -0.4 is 10.1 Å². The van der Waals surface area contributed by atoms with Crippen LogP contribution in [0.4, 0.5) is 0 Å². The molecule has 0 aliphatic carbocycles. The van der Waals surface area contributed by atoms with Crippen LogP contribution in [-0.2, 0) is 23.1 Å². The van der Waals surface area contributed by atoms with E-state index in [0.29, 0.717) is 5.56 Å². The number of aromatic nitrogens is 2. The fourth-order valence-corrected chi connectivity index (χ4v) is 4.75. The van der Waals surface area contributed by atoms with Gasteiger partial charge in [0.15, 0.2) is 12.0 Å². The normalized spacial score (nSPS) is 24.2. The number of ether oxygens (including phenoxy) is 3. The van der Waals surface area contributed by atoms with E-state index in [9.17, 15) is 20.1 Å². The Balaban J connectivity index is 1.51. The van der Waals surface area contributed by atoms with E-state index in [1.165, 1.54) is 13.2 Å². The third-order valence-corrected chi connectivity index (χ3v) is 7.01. The lowest BCUT2D eigenvalue weighted by Crippen LogP contribution is -2.64. The van der Waals surface area contributed by atoms with Crippen LogP contribution >= 0.6 is 23.2 Å². The minimum atomic E-state index is -1.45. The maximum absolute atomic E-state index is 13.1. The summed E-state index contributed by atoms with van der Waals surface area (Å²) < 4.78 is 18.3. The van der Waals surface area contributed by atoms with E-state index < -0.39 is 43.2 Å². The summed E-state index contributed by atoms with van der Waals surface area (Å²) in [7, 11) is 3.18. The van der Waals surface area contributed by atoms with E-state index in [2.05, 4.69) is 10.4 Å². The zero-order valence-corrected chi connectivity index (χ0v) is 21.3. The third-order valence-electron chi connectivity index (χ3n) is 6.27. The number of hydrogen-bond donors (Lipinski definition) is 4. The van der Waals surface area contributed by atoms with E-state index in [0.717, 1.165) is 16.5 Å². The zero-order chi connectivity index (χ0) is 26.1. The molecule has 0 bridgehead atoms. The molecule has 2 aromatic carbocycles. The average molecular weight is 540 g/mol. The molecule has 4 rings (SSSR count). The molecule has 12 heteroatoms. The molecule has 0 saturated carbocycles. The van der Waals surface area contributed by atoms with Crippen LogP contribution in [0.15, 0.2) is 30.5 Å². The van der Waals surface area contributed by atoms with Gasteiger partial charge in [0.25, 0.3) is 5.91 Å². The van der Waals surface area contributed by atoms with Gasteiger partial charge in [-0.25, -0.2) is 0 Å². The summed E-state index contributed by atoms with van der Waals surface area (Å²) in [5.41, 5.74) is 2.43. The number of amides is 1. The van der Waals surface area contributed by atoms with Crippen molar-refractivity contribution in [3.63, 3.8) is 0 Å². The number of nitrogens with zero attached hydrogens (tertiary/aromatic N) is 2. The number of aliphatic hydroxyl groups is 3. The van der Waals surface area contributed by atoms with Crippen molar-refractivity contribution >= 4 is 40.0 Å². The predicted molar refractivity (Wildman–Crippen MR) is 132 cm³/mol. The molecular weight excluding hydrogens is 513 g/mol. The largest absolute Gasteiger partial charge is 0.486 e.